The maximum absolute atomic E-state index is 11.2. The fourth-order valence-electron chi connectivity index (χ4n) is 0.735. The van der Waals surface area contributed by atoms with E-state index in [4.69, 9.17) is 4.52 Å². The van der Waals surface area contributed by atoms with Crippen molar-refractivity contribution in [2.45, 2.75) is 0 Å². The molecular weight excluding hydrogens is 260 g/mol. The molecule has 13 heavy (non-hydrogen) atoms. The van der Waals surface area contributed by atoms with Gasteiger partial charge in [0.25, 0.3) is 0 Å². The Bertz CT molecular complexity index is 268. The number of hydrogen-bond donors (Lipinski definition) is 0. The molecule has 1 aromatic carbocycles. The molecule has 0 amide bonds. The zero-order valence-corrected chi connectivity index (χ0v) is 12.0. The number of benzene rings is 1. The molecule has 0 spiro atoms. The van der Waals surface area contributed by atoms with Gasteiger partial charge in [0.15, 0.2) is 0 Å². The Morgan fingerprint density at radius 1 is 1.15 bits per heavy atom. The Hall–Kier alpha value is 0.354. The van der Waals surface area contributed by atoms with Crippen LogP contribution in [0.4, 0.5) is 0 Å². The smallest absolute Gasteiger partial charge is 0.242 e. The van der Waals surface area contributed by atoms with Crippen molar-refractivity contribution in [1.29, 1.82) is 0 Å². The molecular formula is C9H14O2PY-. The molecule has 0 aromatic heterocycles. The fourth-order valence-corrected chi connectivity index (χ4v) is 1.36. The van der Waals surface area contributed by atoms with Gasteiger partial charge in [-0.3, -0.25) is 4.57 Å². The van der Waals surface area contributed by atoms with Crippen LogP contribution in [0.3, 0.4) is 0 Å². The molecule has 1 rings (SSSR count). The standard InChI is InChI=1S/C8H11O2P.CH3.Y/c1-11(2,9)10-8-6-4-3-5-7-8;;/h3-7H,1-2H3;1H3;/q;-1;. The van der Waals surface area contributed by atoms with Crippen LogP contribution in [0.2, 0.25) is 0 Å². The van der Waals surface area contributed by atoms with Crippen LogP contribution >= 0.6 is 7.37 Å². The van der Waals surface area contributed by atoms with Crippen molar-refractivity contribution in [3.8, 4) is 5.75 Å². The molecule has 0 N–H and O–H groups in total. The summed E-state index contributed by atoms with van der Waals surface area (Å²) in [5, 5.41) is 0. The van der Waals surface area contributed by atoms with Crippen LogP contribution in [0.5, 0.6) is 5.75 Å². The van der Waals surface area contributed by atoms with Crippen molar-refractivity contribution in [3.05, 3.63) is 37.8 Å². The third-order valence-corrected chi connectivity index (χ3v) is 1.72. The van der Waals surface area contributed by atoms with Gasteiger partial charge in [-0.25, -0.2) is 0 Å². The maximum atomic E-state index is 11.2. The summed E-state index contributed by atoms with van der Waals surface area (Å²) in [5.74, 6) is 0.667. The van der Waals surface area contributed by atoms with Crippen molar-refractivity contribution >= 4 is 7.37 Å². The first kappa shape index (κ1) is 15.8. The summed E-state index contributed by atoms with van der Waals surface area (Å²) in [5.41, 5.74) is 0. The molecule has 0 fully saturated rings. The van der Waals surface area contributed by atoms with Crippen molar-refractivity contribution in [2.75, 3.05) is 13.3 Å². The molecule has 71 valence electrons. The van der Waals surface area contributed by atoms with E-state index < -0.39 is 7.37 Å². The van der Waals surface area contributed by atoms with E-state index in [0.29, 0.717) is 5.75 Å². The van der Waals surface area contributed by atoms with E-state index in [0.717, 1.165) is 0 Å². The van der Waals surface area contributed by atoms with E-state index in [1.54, 1.807) is 25.5 Å². The first-order valence-electron chi connectivity index (χ1n) is 3.37. The fraction of sp³-hybridized carbons (Fsp3) is 0.222. The Balaban J connectivity index is 0. The second kappa shape index (κ2) is 6.76. The van der Waals surface area contributed by atoms with Crippen LogP contribution in [-0.2, 0) is 37.3 Å². The van der Waals surface area contributed by atoms with E-state index in [-0.39, 0.29) is 40.1 Å². The largest absolute Gasteiger partial charge is 0.443 e. The summed E-state index contributed by atoms with van der Waals surface area (Å²) in [6.45, 7) is 3.19. The van der Waals surface area contributed by atoms with Gasteiger partial charge in [-0.1, -0.05) is 18.2 Å². The number of para-hydroxylation sites is 1. The zero-order valence-electron chi connectivity index (χ0n) is 8.23. The summed E-state index contributed by atoms with van der Waals surface area (Å²) in [6.07, 6.45) is 0. The predicted octanol–water partition coefficient (Wildman–Crippen LogP) is 3.05. The first-order chi connectivity index (χ1) is 5.08. The zero-order chi connectivity index (χ0) is 8.32. The van der Waals surface area contributed by atoms with Gasteiger partial charge in [0.2, 0.25) is 7.37 Å². The summed E-state index contributed by atoms with van der Waals surface area (Å²) in [7, 11) is -2.39. The Morgan fingerprint density at radius 2 is 1.62 bits per heavy atom. The molecule has 0 aliphatic heterocycles. The van der Waals surface area contributed by atoms with Crippen LogP contribution in [0.1, 0.15) is 0 Å². The van der Waals surface area contributed by atoms with Crippen molar-refractivity contribution in [1.82, 2.24) is 0 Å². The topological polar surface area (TPSA) is 26.3 Å². The Morgan fingerprint density at radius 3 is 2.00 bits per heavy atom. The molecule has 1 radical (unpaired) electrons. The monoisotopic (exact) mass is 274 g/mol. The quantitative estimate of drug-likeness (QED) is 0.612. The van der Waals surface area contributed by atoms with Gasteiger partial charge in [0.1, 0.15) is 5.75 Å². The number of hydrogen-bond acceptors (Lipinski definition) is 2. The van der Waals surface area contributed by atoms with Gasteiger partial charge in [0.05, 0.1) is 0 Å². The molecule has 0 saturated heterocycles. The first-order valence-corrected chi connectivity index (χ1v) is 5.89. The molecule has 0 atom stereocenters. The van der Waals surface area contributed by atoms with E-state index >= 15 is 0 Å². The maximum Gasteiger partial charge on any atom is 0.242 e. The summed E-state index contributed by atoms with van der Waals surface area (Å²) in [6, 6.07) is 9.18. The average molecular weight is 274 g/mol. The summed E-state index contributed by atoms with van der Waals surface area (Å²) >= 11 is 0. The van der Waals surface area contributed by atoms with Gasteiger partial charge < -0.3 is 12.0 Å². The van der Waals surface area contributed by atoms with Crippen LogP contribution in [0.15, 0.2) is 30.3 Å². The third kappa shape index (κ3) is 7.43. The van der Waals surface area contributed by atoms with Crippen LogP contribution in [-0.4, -0.2) is 13.3 Å². The molecule has 0 bridgehead atoms. The molecule has 1 aromatic rings. The second-order valence-corrected chi connectivity index (χ2v) is 5.34. The van der Waals surface area contributed by atoms with E-state index in [1.807, 2.05) is 18.2 Å². The second-order valence-electron chi connectivity index (χ2n) is 2.66. The van der Waals surface area contributed by atoms with Gasteiger partial charge >= 0.3 is 0 Å². The Labute approximate surface area is 105 Å². The number of rotatable bonds is 2. The minimum absolute atomic E-state index is 0. The Kier molecular flexibility index (Phi) is 8.22. The third-order valence-electron chi connectivity index (χ3n) is 1.07. The molecule has 0 saturated carbocycles. The van der Waals surface area contributed by atoms with E-state index in [9.17, 15) is 4.57 Å². The SMILES string of the molecule is CP(C)(=O)Oc1ccccc1.[CH3-].[Y]. The van der Waals surface area contributed by atoms with Crippen LogP contribution in [0.25, 0.3) is 0 Å². The summed E-state index contributed by atoms with van der Waals surface area (Å²) in [4.78, 5) is 0. The van der Waals surface area contributed by atoms with Gasteiger partial charge in [-0.05, 0) is 12.1 Å². The van der Waals surface area contributed by atoms with Gasteiger partial charge in [0, 0.05) is 46.0 Å². The summed E-state index contributed by atoms with van der Waals surface area (Å²) < 4.78 is 16.3. The van der Waals surface area contributed by atoms with E-state index in [2.05, 4.69) is 0 Å². The normalized spacial score (nSPS) is 9.38. The van der Waals surface area contributed by atoms with Crippen molar-refractivity contribution in [2.24, 2.45) is 0 Å². The average Bonchev–Trinajstić information content (AvgIpc) is 1.85. The molecule has 0 unspecified atom stereocenters. The molecule has 4 heteroatoms. The van der Waals surface area contributed by atoms with Crippen LogP contribution < -0.4 is 4.52 Å². The van der Waals surface area contributed by atoms with Crippen molar-refractivity contribution < 1.29 is 41.8 Å². The predicted molar refractivity (Wildman–Crippen MR) is 52.9 cm³/mol. The molecule has 0 aliphatic carbocycles. The molecule has 2 nitrogen and oxygen atoms in total. The van der Waals surface area contributed by atoms with E-state index in [1.165, 1.54) is 0 Å². The van der Waals surface area contributed by atoms with Crippen molar-refractivity contribution in [3.63, 3.8) is 0 Å². The minimum Gasteiger partial charge on any atom is -0.443 e. The molecule has 0 aliphatic rings. The molecule has 0 heterocycles. The van der Waals surface area contributed by atoms with Crippen LogP contribution in [0, 0.1) is 7.43 Å². The minimum atomic E-state index is -2.39. The van der Waals surface area contributed by atoms with Gasteiger partial charge in [-0.15, -0.1) is 0 Å². The van der Waals surface area contributed by atoms with Gasteiger partial charge in [-0.2, -0.15) is 0 Å².